The maximum atomic E-state index is 12.7. The summed E-state index contributed by atoms with van der Waals surface area (Å²) in [6.07, 6.45) is 0. The van der Waals surface area contributed by atoms with Crippen LogP contribution in [0.4, 0.5) is 0 Å². The first-order chi connectivity index (χ1) is 23.0. The quantitative estimate of drug-likeness (QED) is 0.0593. The van der Waals surface area contributed by atoms with Gasteiger partial charge in [-0.15, -0.1) is 0 Å². The second-order valence-corrected chi connectivity index (χ2v) is 11.3. The van der Waals surface area contributed by atoms with Crippen molar-refractivity contribution in [3.63, 3.8) is 0 Å². The Labute approximate surface area is 284 Å². The molecule has 0 bridgehead atoms. The van der Waals surface area contributed by atoms with Gasteiger partial charge in [-0.1, -0.05) is 23.2 Å². The molecule has 0 atom stereocenters. The maximum Gasteiger partial charge on any atom is 0.347 e. The fraction of sp³-hybridized carbons (Fsp3) is 0.121. The molecule has 1 aliphatic rings. The van der Waals surface area contributed by atoms with Gasteiger partial charge in [0.15, 0.2) is 40.3 Å². The number of carbonyl (C=O) groups is 2. The molecule has 0 fully saturated rings. The van der Waals surface area contributed by atoms with Crippen LogP contribution in [0.5, 0.6) is 57.5 Å². The molecular weight excluding hydrogens is 691 g/mol. The third-order valence-corrected chi connectivity index (χ3v) is 8.38. The van der Waals surface area contributed by atoms with Crippen molar-refractivity contribution >= 4 is 46.1 Å². The predicted octanol–water partition coefficient (Wildman–Crippen LogP) is 6.43. The number of esters is 2. The summed E-state index contributed by atoms with van der Waals surface area (Å²) < 4.78 is 21.3. The Hall–Kier alpha value is -5.99. The van der Waals surface area contributed by atoms with Crippen LogP contribution in [-0.4, -0.2) is 54.8 Å². The van der Waals surface area contributed by atoms with E-state index in [1.54, 1.807) is 0 Å². The number of ether oxygens (including phenoxy) is 3. The van der Waals surface area contributed by atoms with Gasteiger partial charge in [0.2, 0.25) is 11.2 Å². The van der Waals surface area contributed by atoms with Crippen LogP contribution < -0.4 is 14.9 Å². The zero-order valence-corrected chi connectivity index (χ0v) is 27.1. The van der Waals surface area contributed by atoms with Crippen LogP contribution in [-0.2, 0) is 4.74 Å². The highest BCUT2D eigenvalue weighted by Gasteiger charge is 2.35. The molecule has 0 unspecified atom stereocenters. The van der Waals surface area contributed by atoms with Crippen LogP contribution in [0.15, 0.2) is 39.5 Å². The molecule has 0 saturated heterocycles. The molecule has 5 aromatic rings. The van der Waals surface area contributed by atoms with Gasteiger partial charge in [0.05, 0.1) is 12.1 Å². The minimum absolute atomic E-state index is 0.0131. The smallest absolute Gasteiger partial charge is 0.347 e. The van der Waals surface area contributed by atoms with Gasteiger partial charge in [-0.2, -0.15) is 0 Å². The number of benzene rings is 4. The van der Waals surface area contributed by atoms with E-state index < -0.39 is 46.1 Å². The largest absolute Gasteiger partial charge is 0.508 e. The number of carbonyl (C=O) groups excluding carboxylic acids is 2. The normalized spacial score (nSPS) is 11.8. The van der Waals surface area contributed by atoms with Gasteiger partial charge in [-0.3, -0.25) is 4.79 Å². The van der Waals surface area contributed by atoms with Crippen LogP contribution in [0.1, 0.15) is 37.4 Å². The predicted molar refractivity (Wildman–Crippen MR) is 173 cm³/mol. The average molecular weight is 715 g/mol. The van der Waals surface area contributed by atoms with E-state index in [1.807, 2.05) is 0 Å². The third kappa shape index (κ3) is 5.66. The highest BCUT2D eigenvalue weighted by molar-refractivity contribution is 6.39. The molecular formula is C33H24Cl2O14. The van der Waals surface area contributed by atoms with Crippen LogP contribution >= 0.6 is 23.2 Å². The highest BCUT2D eigenvalue weighted by Crippen LogP contribution is 2.53. The summed E-state index contributed by atoms with van der Waals surface area (Å²) in [7, 11) is 1.17. The van der Waals surface area contributed by atoms with Crippen molar-refractivity contribution in [2.24, 2.45) is 0 Å². The minimum Gasteiger partial charge on any atom is -0.508 e. The number of hydrogen-bond acceptors (Lipinski definition) is 14. The Balaban J connectivity index is 0.000000195. The van der Waals surface area contributed by atoms with Gasteiger partial charge < -0.3 is 54.4 Å². The molecule has 0 aliphatic carbocycles. The van der Waals surface area contributed by atoms with Crippen molar-refractivity contribution in [2.45, 2.75) is 20.8 Å². The second kappa shape index (κ2) is 12.6. The molecule has 254 valence electrons. The number of methoxy groups -OCH3 is 1. The first-order valence-electron chi connectivity index (χ1n) is 13.8. The summed E-state index contributed by atoms with van der Waals surface area (Å²) in [4.78, 5) is 36.9. The van der Waals surface area contributed by atoms with E-state index in [-0.39, 0.29) is 88.9 Å². The Morgan fingerprint density at radius 1 is 0.714 bits per heavy atom. The summed E-state index contributed by atoms with van der Waals surface area (Å²) in [5.41, 5.74) is -0.626. The molecule has 0 amide bonds. The van der Waals surface area contributed by atoms with Crippen molar-refractivity contribution in [2.75, 3.05) is 7.11 Å². The average Bonchev–Trinajstić information content (AvgIpc) is 3.21. The van der Waals surface area contributed by atoms with E-state index in [1.165, 1.54) is 33.9 Å². The number of phenols is 6. The molecule has 16 heteroatoms. The fourth-order valence-corrected chi connectivity index (χ4v) is 5.48. The summed E-state index contributed by atoms with van der Waals surface area (Å²) in [6.45, 7) is 4.43. The summed E-state index contributed by atoms with van der Waals surface area (Å²) in [6, 6.07) is 5.64. The minimum atomic E-state index is -0.888. The number of phenolic OH excluding ortho intramolecular Hbond substituents is 6. The molecule has 0 saturated carbocycles. The Morgan fingerprint density at radius 3 is 2.00 bits per heavy atom. The SMILES string of the molecule is COC(=O)c1c(C)c2c(c(C)c1O)OC(=O)c1c(C)c(Cl)c(O)c(Cl)c1O2.O=c1c(O)c(-c2ccc(O)c(O)c2)oc2cc(O)cc(O)c12. The van der Waals surface area contributed by atoms with E-state index >= 15 is 0 Å². The lowest BCUT2D eigenvalue weighted by atomic mass is 10.0. The number of aromatic hydroxyl groups is 7. The molecule has 0 radical (unpaired) electrons. The van der Waals surface area contributed by atoms with E-state index in [0.717, 1.165) is 24.3 Å². The Kier molecular flexibility index (Phi) is 8.80. The van der Waals surface area contributed by atoms with Gasteiger partial charge in [-0.05, 0) is 44.5 Å². The van der Waals surface area contributed by atoms with Crippen molar-refractivity contribution < 1.29 is 64.0 Å². The topological polar surface area (TPSA) is 234 Å². The Morgan fingerprint density at radius 2 is 1.37 bits per heavy atom. The first-order valence-corrected chi connectivity index (χ1v) is 14.5. The monoisotopic (exact) mass is 714 g/mol. The van der Waals surface area contributed by atoms with Crippen LogP contribution in [0.3, 0.4) is 0 Å². The number of fused-ring (bicyclic) bond motifs is 3. The van der Waals surface area contributed by atoms with E-state index in [4.69, 9.17) is 41.8 Å². The fourth-order valence-electron chi connectivity index (χ4n) is 5.02. The lowest BCUT2D eigenvalue weighted by Gasteiger charge is -2.17. The van der Waals surface area contributed by atoms with Crippen molar-refractivity contribution in [3.8, 4) is 68.8 Å². The van der Waals surface area contributed by atoms with Crippen molar-refractivity contribution in [3.05, 3.63) is 78.4 Å². The molecule has 1 aliphatic heterocycles. The molecule has 49 heavy (non-hydrogen) atoms. The molecule has 7 N–H and O–H groups in total. The number of halogens is 2. The Bertz CT molecular complexity index is 2310. The summed E-state index contributed by atoms with van der Waals surface area (Å²) in [5, 5.41) is 67.7. The van der Waals surface area contributed by atoms with Gasteiger partial charge >= 0.3 is 11.9 Å². The first kappa shape index (κ1) is 34.3. The lowest BCUT2D eigenvalue weighted by molar-refractivity contribution is 0.0595. The standard InChI is InChI=1S/C18H14Cl2O7.C15H10O7/c1-5-9-16(11(20)13(22)10(5)19)26-14-6(2)8(17(23)25-4)12(21)7(3)15(14)27-18(9)24;16-7-4-10(19)12-11(5-7)22-15(14(21)13(12)20)6-1-2-8(17)9(18)3-6/h21-22H,1-4H3;1-5,16-19,21H. The molecule has 2 heterocycles. The van der Waals surface area contributed by atoms with Gasteiger partial charge in [0.25, 0.3) is 0 Å². The van der Waals surface area contributed by atoms with Crippen LogP contribution in [0.2, 0.25) is 10.0 Å². The zero-order valence-electron chi connectivity index (χ0n) is 25.6. The molecule has 6 rings (SSSR count). The highest BCUT2D eigenvalue weighted by atomic mass is 35.5. The molecule has 14 nitrogen and oxygen atoms in total. The van der Waals surface area contributed by atoms with E-state index in [0.29, 0.717) is 0 Å². The molecule has 4 aromatic carbocycles. The summed E-state index contributed by atoms with van der Waals surface area (Å²) >= 11 is 12.2. The number of rotatable bonds is 2. The number of hydrogen-bond donors (Lipinski definition) is 7. The molecule has 0 spiro atoms. The van der Waals surface area contributed by atoms with Crippen molar-refractivity contribution in [1.82, 2.24) is 0 Å². The third-order valence-electron chi connectivity index (χ3n) is 7.57. The van der Waals surface area contributed by atoms with Gasteiger partial charge in [-0.25, -0.2) is 9.59 Å². The molecule has 1 aromatic heterocycles. The van der Waals surface area contributed by atoms with Gasteiger partial charge in [0.1, 0.15) is 44.4 Å². The van der Waals surface area contributed by atoms with Crippen molar-refractivity contribution in [1.29, 1.82) is 0 Å². The summed E-state index contributed by atoms with van der Waals surface area (Å²) in [5.74, 6) is -5.45. The van der Waals surface area contributed by atoms with E-state index in [9.17, 15) is 50.1 Å². The van der Waals surface area contributed by atoms with E-state index in [2.05, 4.69) is 0 Å². The zero-order chi connectivity index (χ0) is 36.2. The maximum absolute atomic E-state index is 12.7. The van der Waals surface area contributed by atoms with Crippen LogP contribution in [0.25, 0.3) is 22.3 Å². The lowest BCUT2D eigenvalue weighted by Crippen LogP contribution is -2.11. The van der Waals surface area contributed by atoms with Gasteiger partial charge in [0, 0.05) is 28.8 Å². The second-order valence-electron chi connectivity index (χ2n) is 10.6. The van der Waals surface area contributed by atoms with Crippen LogP contribution in [0, 0.1) is 20.8 Å².